The third kappa shape index (κ3) is 42.9. The molecule has 1 atom stereocenters. The summed E-state index contributed by atoms with van der Waals surface area (Å²) in [4.78, 5) is 37.7. The highest BCUT2D eigenvalue weighted by Gasteiger charge is 2.19. The normalized spacial score (nSPS) is 12.1. The Hall–Kier alpha value is -2.11. The maximum Gasteiger partial charge on any atom is 0.306 e. The minimum atomic E-state index is -0.768. The molecule has 0 heterocycles. The maximum atomic E-state index is 12.7. The highest BCUT2D eigenvalue weighted by Crippen LogP contribution is 2.15. The number of allylic oxidation sites excluding steroid dienone is 4. The Labute approximate surface area is 341 Å². The van der Waals surface area contributed by atoms with Crippen LogP contribution in [0.4, 0.5) is 0 Å². The molecule has 0 radical (unpaired) electrons. The lowest BCUT2D eigenvalue weighted by Gasteiger charge is -2.18. The van der Waals surface area contributed by atoms with Crippen molar-refractivity contribution in [2.75, 3.05) is 13.2 Å². The van der Waals surface area contributed by atoms with Crippen LogP contribution in [0, 0.1) is 0 Å². The van der Waals surface area contributed by atoms with Crippen molar-refractivity contribution in [2.45, 2.75) is 258 Å². The fourth-order valence-corrected chi connectivity index (χ4v) is 6.82. The number of esters is 3. The molecule has 0 saturated carbocycles. The fourth-order valence-electron chi connectivity index (χ4n) is 6.82. The summed E-state index contributed by atoms with van der Waals surface area (Å²) in [6, 6.07) is 0. The van der Waals surface area contributed by atoms with Gasteiger partial charge in [0.2, 0.25) is 0 Å². The van der Waals surface area contributed by atoms with Gasteiger partial charge in [-0.25, -0.2) is 0 Å². The molecular weight excluding hydrogens is 685 g/mol. The third-order valence-corrected chi connectivity index (χ3v) is 10.5. The smallest absolute Gasteiger partial charge is 0.306 e. The summed E-state index contributed by atoms with van der Waals surface area (Å²) >= 11 is 0. The van der Waals surface area contributed by atoms with Crippen LogP contribution in [-0.2, 0) is 28.6 Å². The van der Waals surface area contributed by atoms with Crippen molar-refractivity contribution >= 4 is 17.9 Å². The molecule has 0 rings (SSSR count). The molecule has 6 nitrogen and oxygen atoms in total. The predicted molar refractivity (Wildman–Crippen MR) is 233 cm³/mol. The first-order valence-electron chi connectivity index (χ1n) is 23.8. The van der Waals surface area contributed by atoms with Crippen LogP contribution in [0.25, 0.3) is 0 Å². The average molecular weight is 775 g/mol. The Kier molecular flexibility index (Phi) is 42.9. The summed E-state index contributed by atoms with van der Waals surface area (Å²) in [5, 5.41) is 0. The minimum absolute atomic E-state index is 0.0725. The van der Waals surface area contributed by atoms with E-state index in [4.69, 9.17) is 14.2 Å². The Morgan fingerprint density at radius 3 is 1.04 bits per heavy atom. The first kappa shape index (κ1) is 52.9. The number of carbonyl (C=O) groups is 3. The molecule has 0 aliphatic heterocycles. The molecule has 0 N–H and O–H groups in total. The largest absolute Gasteiger partial charge is 0.462 e. The van der Waals surface area contributed by atoms with Crippen LogP contribution in [0.15, 0.2) is 24.3 Å². The van der Waals surface area contributed by atoms with E-state index in [0.717, 1.165) is 77.0 Å². The van der Waals surface area contributed by atoms with Crippen LogP contribution in [-0.4, -0.2) is 37.2 Å². The van der Waals surface area contributed by atoms with Crippen LogP contribution in [0.1, 0.15) is 252 Å². The molecule has 0 aromatic rings. The topological polar surface area (TPSA) is 78.9 Å². The second kappa shape index (κ2) is 44.6. The van der Waals surface area contributed by atoms with Crippen LogP contribution in [0.3, 0.4) is 0 Å². The lowest BCUT2D eigenvalue weighted by Crippen LogP contribution is -2.30. The fraction of sp³-hybridized carbons (Fsp3) is 0.857. The summed E-state index contributed by atoms with van der Waals surface area (Å²) in [6.45, 7) is 6.57. The van der Waals surface area contributed by atoms with Gasteiger partial charge in [0.05, 0.1) is 0 Å². The number of ether oxygens (including phenoxy) is 3. The van der Waals surface area contributed by atoms with Crippen molar-refractivity contribution in [3.63, 3.8) is 0 Å². The second-order valence-electron chi connectivity index (χ2n) is 16.0. The summed E-state index contributed by atoms with van der Waals surface area (Å²) in [7, 11) is 0. The van der Waals surface area contributed by atoms with Gasteiger partial charge in [-0.05, 0) is 51.4 Å². The molecule has 1 unspecified atom stereocenters. The third-order valence-electron chi connectivity index (χ3n) is 10.5. The Bertz CT molecular complexity index is 896. The molecule has 0 bridgehead atoms. The second-order valence-corrected chi connectivity index (χ2v) is 16.0. The van der Waals surface area contributed by atoms with Crippen molar-refractivity contribution in [1.29, 1.82) is 0 Å². The molecule has 0 aliphatic rings. The zero-order chi connectivity index (χ0) is 40.1. The van der Waals surface area contributed by atoms with E-state index in [9.17, 15) is 14.4 Å². The minimum Gasteiger partial charge on any atom is -0.462 e. The first-order chi connectivity index (χ1) is 27.0. The van der Waals surface area contributed by atoms with E-state index in [-0.39, 0.29) is 31.1 Å². The Morgan fingerprint density at radius 1 is 0.364 bits per heavy atom. The van der Waals surface area contributed by atoms with Crippen molar-refractivity contribution < 1.29 is 28.6 Å². The molecule has 322 valence electrons. The van der Waals surface area contributed by atoms with Gasteiger partial charge in [-0.1, -0.05) is 206 Å². The SMILES string of the molecule is CCCCC/C=C\C/C=C\CCCCCCCC(=O)OCC(COC(=O)CCCCCCCCC)OC(=O)CCCCCCCCCCCCCCCCC. The average Bonchev–Trinajstić information content (AvgIpc) is 3.18. The zero-order valence-electron chi connectivity index (χ0n) is 36.7. The molecule has 0 amide bonds. The van der Waals surface area contributed by atoms with Crippen LogP contribution >= 0.6 is 0 Å². The van der Waals surface area contributed by atoms with Crippen molar-refractivity contribution in [3.05, 3.63) is 24.3 Å². The summed E-state index contributed by atoms with van der Waals surface area (Å²) in [5.74, 6) is -0.885. The number of rotatable bonds is 43. The lowest BCUT2D eigenvalue weighted by atomic mass is 10.0. The van der Waals surface area contributed by atoms with Crippen LogP contribution < -0.4 is 0 Å². The van der Waals surface area contributed by atoms with Crippen molar-refractivity contribution in [3.8, 4) is 0 Å². The van der Waals surface area contributed by atoms with E-state index in [1.165, 1.54) is 135 Å². The maximum absolute atomic E-state index is 12.7. The van der Waals surface area contributed by atoms with Crippen molar-refractivity contribution in [1.82, 2.24) is 0 Å². The standard InChI is InChI=1S/C49H90O6/c1-4-7-10-13-16-18-20-22-24-26-28-30-33-36-39-42-48(51)54-45-46(44-53-47(50)41-38-35-32-15-12-9-6-3)55-49(52)43-40-37-34-31-29-27-25-23-21-19-17-14-11-8-5-2/h16,18,22,24,46H,4-15,17,19-21,23,25-45H2,1-3H3/b18-16-,24-22-. The molecule has 0 aromatic heterocycles. The monoisotopic (exact) mass is 775 g/mol. The number of unbranched alkanes of at least 4 members (excludes halogenated alkanes) is 28. The number of carbonyl (C=O) groups excluding carboxylic acids is 3. The highest BCUT2D eigenvalue weighted by atomic mass is 16.6. The van der Waals surface area contributed by atoms with E-state index < -0.39 is 6.10 Å². The van der Waals surface area contributed by atoms with Gasteiger partial charge in [-0.15, -0.1) is 0 Å². The Balaban J connectivity index is 4.29. The summed E-state index contributed by atoms with van der Waals surface area (Å²) in [6.07, 6.45) is 48.8. The predicted octanol–water partition coefficient (Wildman–Crippen LogP) is 15.2. The van der Waals surface area contributed by atoms with Gasteiger partial charge in [0.15, 0.2) is 6.10 Å². The summed E-state index contributed by atoms with van der Waals surface area (Å²) < 4.78 is 16.7. The molecule has 0 saturated heterocycles. The van der Waals surface area contributed by atoms with E-state index in [0.29, 0.717) is 19.3 Å². The molecule has 6 heteroatoms. The summed E-state index contributed by atoms with van der Waals surface area (Å²) in [5.41, 5.74) is 0. The van der Waals surface area contributed by atoms with Crippen molar-refractivity contribution in [2.24, 2.45) is 0 Å². The quantitative estimate of drug-likeness (QED) is 0.0266. The molecule has 0 aliphatic carbocycles. The Morgan fingerprint density at radius 2 is 0.655 bits per heavy atom. The van der Waals surface area contributed by atoms with Crippen LogP contribution in [0.5, 0.6) is 0 Å². The zero-order valence-corrected chi connectivity index (χ0v) is 36.7. The number of hydrogen-bond donors (Lipinski definition) is 0. The van der Waals surface area contributed by atoms with E-state index in [2.05, 4.69) is 45.1 Å². The van der Waals surface area contributed by atoms with Gasteiger partial charge in [-0.3, -0.25) is 14.4 Å². The lowest BCUT2D eigenvalue weighted by molar-refractivity contribution is -0.167. The van der Waals surface area contributed by atoms with Gasteiger partial charge in [0.25, 0.3) is 0 Å². The molecule has 0 fully saturated rings. The molecular formula is C49H90O6. The van der Waals surface area contributed by atoms with Gasteiger partial charge in [-0.2, -0.15) is 0 Å². The van der Waals surface area contributed by atoms with Gasteiger partial charge in [0, 0.05) is 19.3 Å². The van der Waals surface area contributed by atoms with E-state index in [1.807, 2.05) is 0 Å². The van der Waals surface area contributed by atoms with Gasteiger partial charge >= 0.3 is 17.9 Å². The molecule has 0 aromatic carbocycles. The van der Waals surface area contributed by atoms with Gasteiger partial charge in [0.1, 0.15) is 13.2 Å². The highest BCUT2D eigenvalue weighted by molar-refractivity contribution is 5.71. The van der Waals surface area contributed by atoms with Gasteiger partial charge < -0.3 is 14.2 Å². The first-order valence-corrected chi connectivity index (χ1v) is 23.8. The number of hydrogen-bond acceptors (Lipinski definition) is 6. The van der Waals surface area contributed by atoms with Crippen LogP contribution in [0.2, 0.25) is 0 Å². The van der Waals surface area contributed by atoms with E-state index >= 15 is 0 Å². The molecule has 55 heavy (non-hydrogen) atoms. The van der Waals surface area contributed by atoms with E-state index in [1.54, 1.807) is 0 Å². The molecule has 0 spiro atoms.